The van der Waals surface area contributed by atoms with Crippen molar-refractivity contribution in [2.75, 3.05) is 0 Å². The number of rotatable bonds is 2. The van der Waals surface area contributed by atoms with Crippen molar-refractivity contribution in [2.45, 2.75) is 43.0 Å². The number of para-hydroxylation sites is 1. The molecule has 0 spiro atoms. The number of hydrogen-bond acceptors (Lipinski definition) is 1. The molecule has 1 heterocycles. The van der Waals surface area contributed by atoms with Gasteiger partial charge in [-0.05, 0) is 43.2 Å². The minimum atomic E-state index is 0.431. The fourth-order valence-corrected chi connectivity index (χ4v) is 3.78. The van der Waals surface area contributed by atoms with Crippen LogP contribution in [0.4, 0.5) is 0 Å². The van der Waals surface area contributed by atoms with Crippen LogP contribution in [0, 0.1) is 5.92 Å². The molecule has 3 atom stereocenters. The number of fused-ring (bicyclic) bond motifs is 1. The van der Waals surface area contributed by atoms with Crippen molar-refractivity contribution in [3.8, 4) is 5.75 Å². The van der Waals surface area contributed by atoms with Crippen LogP contribution in [0.25, 0.3) is 0 Å². The standard InChI is InChI=1S/C14H17BrO/c15-12-6-5-10(7-12)8-13-9-11-3-1-2-4-14(11)16-13/h1-4,10,12-13H,5-9H2. The SMILES string of the molecule is BrC1CCC(CC2Cc3ccccc3O2)C1. The van der Waals surface area contributed by atoms with Gasteiger partial charge in [-0.3, -0.25) is 0 Å². The van der Waals surface area contributed by atoms with E-state index in [-0.39, 0.29) is 0 Å². The highest BCUT2D eigenvalue weighted by atomic mass is 79.9. The molecule has 16 heavy (non-hydrogen) atoms. The van der Waals surface area contributed by atoms with Gasteiger partial charge in [0.25, 0.3) is 0 Å². The van der Waals surface area contributed by atoms with Gasteiger partial charge in [-0.1, -0.05) is 34.1 Å². The molecule has 1 aromatic rings. The quantitative estimate of drug-likeness (QED) is 0.746. The van der Waals surface area contributed by atoms with Crippen molar-refractivity contribution >= 4 is 15.9 Å². The average molecular weight is 281 g/mol. The van der Waals surface area contributed by atoms with Gasteiger partial charge in [0.2, 0.25) is 0 Å². The van der Waals surface area contributed by atoms with Crippen LogP contribution in [0.5, 0.6) is 5.75 Å². The molecule has 0 bridgehead atoms. The third kappa shape index (κ3) is 2.13. The fraction of sp³-hybridized carbons (Fsp3) is 0.571. The summed E-state index contributed by atoms with van der Waals surface area (Å²) in [6.45, 7) is 0. The summed E-state index contributed by atoms with van der Waals surface area (Å²) in [5, 5.41) is 0. The van der Waals surface area contributed by atoms with E-state index in [1.54, 1.807) is 0 Å². The lowest BCUT2D eigenvalue weighted by Gasteiger charge is -2.15. The van der Waals surface area contributed by atoms with E-state index >= 15 is 0 Å². The Balaban J connectivity index is 1.60. The predicted octanol–water partition coefficient (Wildman–Crippen LogP) is 3.94. The van der Waals surface area contributed by atoms with E-state index in [1.165, 1.54) is 31.2 Å². The van der Waals surface area contributed by atoms with E-state index in [9.17, 15) is 0 Å². The first kappa shape index (κ1) is 10.6. The Morgan fingerprint density at radius 3 is 2.88 bits per heavy atom. The van der Waals surface area contributed by atoms with Crippen LogP contribution < -0.4 is 4.74 Å². The highest BCUT2D eigenvalue weighted by Gasteiger charge is 2.29. The molecule has 1 aromatic carbocycles. The van der Waals surface area contributed by atoms with Crippen LogP contribution in [0.15, 0.2) is 24.3 Å². The Morgan fingerprint density at radius 1 is 1.25 bits per heavy atom. The molecule has 3 rings (SSSR count). The molecule has 1 saturated carbocycles. The summed E-state index contributed by atoms with van der Waals surface area (Å²) < 4.78 is 5.99. The molecule has 86 valence electrons. The summed E-state index contributed by atoms with van der Waals surface area (Å²) in [4.78, 5) is 0.751. The van der Waals surface area contributed by atoms with E-state index in [4.69, 9.17) is 4.74 Å². The van der Waals surface area contributed by atoms with Crippen molar-refractivity contribution in [3.05, 3.63) is 29.8 Å². The van der Waals surface area contributed by atoms with Gasteiger partial charge in [-0.2, -0.15) is 0 Å². The minimum absolute atomic E-state index is 0.431. The maximum absolute atomic E-state index is 5.99. The van der Waals surface area contributed by atoms with E-state index < -0.39 is 0 Å². The summed E-state index contributed by atoms with van der Waals surface area (Å²) in [5.74, 6) is 1.98. The van der Waals surface area contributed by atoms with E-state index in [0.717, 1.165) is 22.9 Å². The lowest BCUT2D eigenvalue weighted by Crippen LogP contribution is -2.17. The van der Waals surface area contributed by atoms with Crippen LogP contribution in [-0.2, 0) is 6.42 Å². The molecule has 3 unspecified atom stereocenters. The number of benzene rings is 1. The van der Waals surface area contributed by atoms with Gasteiger partial charge < -0.3 is 4.74 Å². The lowest BCUT2D eigenvalue weighted by molar-refractivity contribution is 0.195. The zero-order chi connectivity index (χ0) is 11.0. The Kier molecular flexibility index (Phi) is 2.93. The van der Waals surface area contributed by atoms with Crippen molar-refractivity contribution in [2.24, 2.45) is 5.92 Å². The van der Waals surface area contributed by atoms with Gasteiger partial charge in [0.1, 0.15) is 11.9 Å². The van der Waals surface area contributed by atoms with E-state index in [2.05, 4.69) is 40.2 Å². The Bertz CT molecular complexity index is 352. The third-order valence-corrected chi connectivity index (χ3v) is 4.62. The average Bonchev–Trinajstić information content (AvgIpc) is 2.84. The van der Waals surface area contributed by atoms with Gasteiger partial charge in [-0.25, -0.2) is 0 Å². The molecular formula is C14H17BrO. The fourth-order valence-electron chi connectivity index (χ4n) is 2.99. The van der Waals surface area contributed by atoms with Crippen LogP contribution >= 0.6 is 15.9 Å². The second kappa shape index (κ2) is 4.40. The van der Waals surface area contributed by atoms with Crippen molar-refractivity contribution in [3.63, 3.8) is 0 Å². The molecule has 1 nitrogen and oxygen atoms in total. The molecule has 1 fully saturated rings. The summed E-state index contributed by atoms with van der Waals surface area (Å²) in [6, 6.07) is 8.45. The van der Waals surface area contributed by atoms with Gasteiger partial charge in [0, 0.05) is 11.2 Å². The van der Waals surface area contributed by atoms with Gasteiger partial charge >= 0.3 is 0 Å². The maximum Gasteiger partial charge on any atom is 0.123 e. The Labute approximate surface area is 105 Å². The van der Waals surface area contributed by atoms with Crippen LogP contribution in [0.1, 0.15) is 31.2 Å². The monoisotopic (exact) mass is 280 g/mol. The number of ether oxygens (including phenoxy) is 1. The third-order valence-electron chi connectivity index (χ3n) is 3.79. The molecule has 2 heteroatoms. The van der Waals surface area contributed by atoms with Crippen molar-refractivity contribution < 1.29 is 4.74 Å². The predicted molar refractivity (Wildman–Crippen MR) is 69.2 cm³/mol. The second-order valence-corrected chi connectivity index (χ2v) is 6.36. The van der Waals surface area contributed by atoms with Crippen LogP contribution in [0.3, 0.4) is 0 Å². The molecular weight excluding hydrogens is 264 g/mol. The molecule has 0 radical (unpaired) electrons. The zero-order valence-corrected chi connectivity index (χ0v) is 10.9. The van der Waals surface area contributed by atoms with Crippen LogP contribution in [-0.4, -0.2) is 10.9 Å². The number of hydrogen-bond donors (Lipinski definition) is 0. The molecule has 0 saturated heterocycles. The minimum Gasteiger partial charge on any atom is -0.490 e. The maximum atomic E-state index is 5.99. The smallest absolute Gasteiger partial charge is 0.123 e. The molecule has 0 N–H and O–H groups in total. The molecule has 0 aromatic heterocycles. The van der Waals surface area contributed by atoms with Gasteiger partial charge in [0.05, 0.1) is 0 Å². The van der Waals surface area contributed by atoms with E-state index in [1.807, 2.05) is 0 Å². The highest BCUT2D eigenvalue weighted by molar-refractivity contribution is 9.09. The van der Waals surface area contributed by atoms with E-state index in [0.29, 0.717) is 6.10 Å². The van der Waals surface area contributed by atoms with Gasteiger partial charge in [0.15, 0.2) is 0 Å². The summed E-state index contributed by atoms with van der Waals surface area (Å²) in [6.07, 6.45) is 6.81. The Morgan fingerprint density at radius 2 is 2.12 bits per heavy atom. The first-order valence-electron chi connectivity index (χ1n) is 6.20. The first-order chi connectivity index (χ1) is 7.81. The summed E-state index contributed by atoms with van der Waals surface area (Å²) in [5.41, 5.74) is 1.39. The second-order valence-electron chi connectivity index (χ2n) is 5.06. The number of alkyl halides is 1. The molecule has 0 amide bonds. The lowest BCUT2D eigenvalue weighted by atomic mass is 9.97. The van der Waals surface area contributed by atoms with Gasteiger partial charge in [-0.15, -0.1) is 0 Å². The van der Waals surface area contributed by atoms with Crippen molar-refractivity contribution in [1.82, 2.24) is 0 Å². The molecule has 1 aliphatic heterocycles. The summed E-state index contributed by atoms with van der Waals surface area (Å²) >= 11 is 3.72. The normalized spacial score (nSPS) is 32.4. The molecule has 2 aliphatic rings. The molecule has 1 aliphatic carbocycles. The topological polar surface area (TPSA) is 9.23 Å². The largest absolute Gasteiger partial charge is 0.490 e. The number of halogens is 1. The summed E-state index contributed by atoms with van der Waals surface area (Å²) in [7, 11) is 0. The first-order valence-corrected chi connectivity index (χ1v) is 7.11. The van der Waals surface area contributed by atoms with Crippen LogP contribution in [0.2, 0.25) is 0 Å². The zero-order valence-electron chi connectivity index (χ0n) is 9.36. The highest BCUT2D eigenvalue weighted by Crippen LogP contribution is 2.37. The van der Waals surface area contributed by atoms with Crippen molar-refractivity contribution in [1.29, 1.82) is 0 Å². The Hall–Kier alpha value is -0.500.